The molecule has 8 heteroatoms. The molecule has 0 aliphatic carbocycles. The number of carbonyl (C=O) groups excluding carboxylic acids is 2. The number of benzene rings is 1. The maximum absolute atomic E-state index is 12.6. The number of furan rings is 1. The molecule has 3 rings (SSSR count). The Morgan fingerprint density at radius 3 is 2.78 bits per heavy atom. The molecule has 1 aromatic carbocycles. The zero-order chi connectivity index (χ0) is 19.4. The molecule has 0 unspecified atom stereocenters. The molecule has 1 aliphatic rings. The lowest BCUT2D eigenvalue weighted by Crippen LogP contribution is -2.47. The highest BCUT2D eigenvalue weighted by Gasteiger charge is 2.38. The number of phenols is 1. The van der Waals surface area contributed by atoms with E-state index < -0.39 is 6.04 Å². The highest BCUT2D eigenvalue weighted by atomic mass is 32.2. The highest BCUT2D eigenvalue weighted by Crippen LogP contribution is 2.34. The molecule has 2 aromatic rings. The average Bonchev–Trinajstić information content (AvgIpc) is 3.24. The lowest BCUT2D eigenvalue weighted by molar-refractivity contribution is -0.132. The Hall–Kier alpha value is -2.58. The van der Waals surface area contributed by atoms with Crippen LogP contribution in [-0.2, 0) is 16.0 Å². The van der Waals surface area contributed by atoms with Gasteiger partial charge in [0.1, 0.15) is 21.9 Å². The van der Waals surface area contributed by atoms with Crippen molar-refractivity contribution in [1.29, 1.82) is 0 Å². The van der Waals surface area contributed by atoms with Crippen LogP contribution in [0.3, 0.4) is 0 Å². The standard InChI is InChI=1S/C19H18N2O4S2/c1-12(17(23)20-9-8-13-4-6-14(22)7-5-13)21-18(24)16(27-19(21)26)11-15-3-2-10-25-15/h2-7,10-12,22H,8-9H2,1H3,(H,20,23)/b16-11-/t12-/m1/s1. The lowest BCUT2D eigenvalue weighted by Gasteiger charge is -2.22. The van der Waals surface area contributed by atoms with Crippen LogP contribution in [0.5, 0.6) is 5.75 Å². The van der Waals surface area contributed by atoms with E-state index in [4.69, 9.17) is 16.6 Å². The maximum Gasteiger partial charge on any atom is 0.267 e. The summed E-state index contributed by atoms with van der Waals surface area (Å²) < 4.78 is 5.57. The summed E-state index contributed by atoms with van der Waals surface area (Å²) in [6.45, 7) is 2.07. The van der Waals surface area contributed by atoms with E-state index in [0.717, 1.165) is 17.3 Å². The minimum atomic E-state index is -0.709. The Morgan fingerprint density at radius 1 is 1.37 bits per heavy atom. The van der Waals surface area contributed by atoms with Crippen molar-refractivity contribution in [2.45, 2.75) is 19.4 Å². The first-order chi connectivity index (χ1) is 13.0. The molecule has 140 valence electrons. The number of hydrogen-bond donors (Lipinski definition) is 2. The predicted octanol–water partition coefficient (Wildman–Crippen LogP) is 2.93. The van der Waals surface area contributed by atoms with Crippen LogP contribution in [0.25, 0.3) is 6.08 Å². The molecule has 2 N–H and O–H groups in total. The fourth-order valence-electron chi connectivity index (χ4n) is 2.57. The summed E-state index contributed by atoms with van der Waals surface area (Å²) in [5, 5.41) is 12.1. The van der Waals surface area contributed by atoms with Gasteiger partial charge in [-0.15, -0.1) is 0 Å². The topological polar surface area (TPSA) is 82.8 Å². The van der Waals surface area contributed by atoms with E-state index in [1.807, 2.05) is 0 Å². The fraction of sp³-hybridized carbons (Fsp3) is 0.211. The van der Waals surface area contributed by atoms with Crippen molar-refractivity contribution in [2.24, 2.45) is 0 Å². The molecule has 2 heterocycles. The minimum Gasteiger partial charge on any atom is -0.508 e. The zero-order valence-electron chi connectivity index (χ0n) is 14.5. The van der Waals surface area contributed by atoms with Gasteiger partial charge in [0.15, 0.2) is 0 Å². The number of nitrogens with zero attached hydrogens (tertiary/aromatic N) is 1. The number of amides is 2. The Bertz CT molecular complexity index is 876. The van der Waals surface area contributed by atoms with E-state index in [1.54, 1.807) is 49.4 Å². The molecule has 1 saturated heterocycles. The Kier molecular flexibility index (Phi) is 5.98. The molecule has 0 spiro atoms. The highest BCUT2D eigenvalue weighted by molar-refractivity contribution is 8.26. The number of nitrogens with one attached hydrogen (secondary N) is 1. The van der Waals surface area contributed by atoms with Crippen molar-refractivity contribution < 1.29 is 19.1 Å². The number of thiocarbonyl (C=S) groups is 1. The van der Waals surface area contributed by atoms with E-state index in [9.17, 15) is 14.7 Å². The molecule has 0 saturated carbocycles. The van der Waals surface area contributed by atoms with E-state index in [0.29, 0.717) is 28.0 Å². The lowest BCUT2D eigenvalue weighted by atomic mass is 10.1. The van der Waals surface area contributed by atoms with Crippen molar-refractivity contribution in [1.82, 2.24) is 10.2 Å². The van der Waals surface area contributed by atoms with Crippen LogP contribution in [0.1, 0.15) is 18.2 Å². The molecule has 0 bridgehead atoms. The van der Waals surface area contributed by atoms with Crippen molar-refractivity contribution in [3.8, 4) is 5.75 Å². The van der Waals surface area contributed by atoms with Gasteiger partial charge in [-0.3, -0.25) is 14.5 Å². The summed E-state index contributed by atoms with van der Waals surface area (Å²) in [5.41, 5.74) is 0.993. The van der Waals surface area contributed by atoms with Gasteiger partial charge in [-0.05, 0) is 43.2 Å². The zero-order valence-corrected chi connectivity index (χ0v) is 16.2. The minimum absolute atomic E-state index is 0.202. The molecule has 1 atom stereocenters. The normalized spacial score (nSPS) is 16.8. The Morgan fingerprint density at radius 2 is 2.11 bits per heavy atom. The summed E-state index contributed by atoms with van der Waals surface area (Å²) >= 11 is 6.43. The first kappa shape index (κ1) is 19.2. The molecule has 1 fully saturated rings. The van der Waals surface area contributed by atoms with Crippen LogP contribution in [0, 0.1) is 0 Å². The van der Waals surface area contributed by atoms with Gasteiger partial charge < -0.3 is 14.8 Å². The van der Waals surface area contributed by atoms with Gasteiger partial charge in [0, 0.05) is 12.6 Å². The fourth-order valence-corrected chi connectivity index (χ4v) is 3.97. The first-order valence-corrected chi connectivity index (χ1v) is 9.54. The Labute approximate surface area is 166 Å². The summed E-state index contributed by atoms with van der Waals surface area (Å²) in [4.78, 5) is 26.8. The van der Waals surface area contributed by atoms with Gasteiger partial charge >= 0.3 is 0 Å². The largest absolute Gasteiger partial charge is 0.508 e. The molecular weight excluding hydrogens is 384 g/mol. The number of hydrogen-bond acceptors (Lipinski definition) is 6. The predicted molar refractivity (Wildman–Crippen MR) is 108 cm³/mol. The number of thioether (sulfide) groups is 1. The summed E-state index contributed by atoms with van der Waals surface area (Å²) in [7, 11) is 0. The Balaban J connectivity index is 1.58. The van der Waals surface area contributed by atoms with Gasteiger partial charge in [-0.2, -0.15) is 0 Å². The van der Waals surface area contributed by atoms with Gasteiger partial charge in [0.2, 0.25) is 5.91 Å². The average molecular weight is 402 g/mol. The third-order valence-electron chi connectivity index (χ3n) is 4.06. The van der Waals surface area contributed by atoms with Crippen molar-refractivity contribution >= 4 is 46.2 Å². The van der Waals surface area contributed by atoms with E-state index in [2.05, 4.69) is 5.32 Å². The van der Waals surface area contributed by atoms with Gasteiger partial charge in [-0.1, -0.05) is 36.1 Å². The van der Waals surface area contributed by atoms with Crippen LogP contribution < -0.4 is 5.32 Å². The van der Waals surface area contributed by atoms with E-state index >= 15 is 0 Å². The second-order valence-corrected chi connectivity index (χ2v) is 7.63. The summed E-state index contributed by atoms with van der Waals surface area (Å²) in [6, 6.07) is 9.57. The van der Waals surface area contributed by atoms with Crippen LogP contribution in [0.15, 0.2) is 52.0 Å². The van der Waals surface area contributed by atoms with Crippen molar-refractivity contribution in [3.63, 3.8) is 0 Å². The second kappa shape index (κ2) is 8.41. The van der Waals surface area contributed by atoms with Crippen molar-refractivity contribution in [3.05, 3.63) is 58.9 Å². The second-order valence-electron chi connectivity index (χ2n) is 5.95. The number of aromatic hydroxyl groups is 1. The third-order valence-corrected chi connectivity index (χ3v) is 5.39. The van der Waals surface area contributed by atoms with Crippen LogP contribution in [0.2, 0.25) is 0 Å². The molecule has 6 nitrogen and oxygen atoms in total. The summed E-state index contributed by atoms with van der Waals surface area (Å²) in [6.07, 6.45) is 3.76. The molecule has 2 amide bonds. The van der Waals surface area contributed by atoms with Crippen LogP contribution in [0.4, 0.5) is 0 Å². The quantitative estimate of drug-likeness (QED) is 0.571. The molecule has 1 aliphatic heterocycles. The first-order valence-electron chi connectivity index (χ1n) is 8.32. The number of phenolic OH excluding ortho intramolecular Hbond substituents is 1. The summed E-state index contributed by atoms with van der Waals surface area (Å²) in [5.74, 6) is 0.182. The van der Waals surface area contributed by atoms with Gasteiger partial charge in [-0.25, -0.2) is 0 Å². The van der Waals surface area contributed by atoms with Gasteiger partial charge in [0.05, 0.1) is 11.2 Å². The molecule has 0 radical (unpaired) electrons. The smallest absolute Gasteiger partial charge is 0.267 e. The molecule has 1 aromatic heterocycles. The number of rotatable bonds is 6. The molecular formula is C19H18N2O4S2. The van der Waals surface area contributed by atoms with Crippen molar-refractivity contribution in [2.75, 3.05) is 6.54 Å². The van der Waals surface area contributed by atoms with E-state index in [-0.39, 0.29) is 17.6 Å². The van der Waals surface area contributed by atoms with Crippen LogP contribution >= 0.6 is 24.0 Å². The molecule has 27 heavy (non-hydrogen) atoms. The maximum atomic E-state index is 12.6. The van der Waals surface area contributed by atoms with Crippen LogP contribution in [-0.4, -0.2) is 38.7 Å². The monoisotopic (exact) mass is 402 g/mol. The number of carbonyl (C=O) groups is 2. The van der Waals surface area contributed by atoms with Gasteiger partial charge in [0.25, 0.3) is 5.91 Å². The van der Waals surface area contributed by atoms with E-state index in [1.165, 1.54) is 11.2 Å². The third kappa shape index (κ3) is 4.58. The SMILES string of the molecule is C[C@H](C(=O)NCCc1ccc(O)cc1)N1C(=O)/C(=C/c2ccco2)SC1=S.